The molecule has 0 spiro atoms. The molecule has 1 atom stereocenters. The number of Topliss-reactive ketones (excluding diaryl/α,β-unsaturated/α-hetero) is 2. The number of methoxy groups -OCH3 is 2. The van der Waals surface area contributed by atoms with Gasteiger partial charge < -0.3 is 14.2 Å². The second kappa shape index (κ2) is 4.91. The van der Waals surface area contributed by atoms with Gasteiger partial charge >= 0.3 is 0 Å². The van der Waals surface area contributed by atoms with Crippen LogP contribution in [0.1, 0.15) is 35.7 Å². The summed E-state index contributed by atoms with van der Waals surface area (Å²) in [5, 5.41) is 0. The smallest absolute Gasteiger partial charge is 0.237 e. The van der Waals surface area contributed by atoms with Crippen LogP contribution >= 0.6 is 0 Å². The van der Waals surface area contributed by atoms with Crippen molar-refractivity contribution in [2.45, 2.75) is 25.9 Å². The maximum atomic E-state index is 12.4. The van der Waals surface area contributed by atoms with Gasteiger partial charge in [-0.3, -0.25) is 9.59 Å². The van der Waals surface area contributed by atoms with E-state index in [4.69, 9.17) is 14.2 Å². The summed E-state index contributed by atoms with van der Waals surface area (Å²) in [6, 6.07) is 3.34. The first-order valence-electron chi connectivity index (χ1n) is 6.82. The van der Waals surface area contributed by atoms with Crippen LogP contribution < -0.4 is 9.47 Å². The molecule has 5 heteroatoms. The van der Waals surface area contributed by atoms with Crippen LogP contribution in [0.2, 0.25) is 0 Å². The summed E-state index contributed by atoms with van der Waals surface area (Å²) < 4.78 is 16.4. The average Bonchev–Trinajstić information content (AvgIpc) is 2.50. The first kappa shape index (κ1) is 13.7. The lowest BCUT2D eigenvalue weighted by molar-refractivity contribution is -0.112. The summed E-state index contributed by atoms with van der Waals surface area (Å²) in [6.07, 6.45) is 1.26. The Kier molecular flexibility index (Phi) is 3.20. The molecule has 0 saturated carbocycles. The van der Waals surface area contributed by atoms with Crippen molar-refractivity contribution in [1.29, 1.82) is 0 Å². The lowest BCUT2D eigenvalue weighted by Crippen LogP contribution is -2.30. The topological polar surface area (TPSA) is 61.8 Å². The molecule has 0 saturated heterocycles. The van der Waals surface area contributed by atoms with Crippen molar-refractivity contribution in [2.24, 2.45) is 0 Å². The molecule has 0 bridgehead atoms. The lowest BCUT2D eigenvalue weighted by atomic mass is 9.83. The molecule has 1 aliphatic heterocycles. The Labute approximate surface area is 122 Å². The van der Waals surface area contributed by atoms with Crippen molar-refractivity contribution >= 4 is 17.3 Å². The van der Waals surface area contributed by atoms with Gasteiger partial charge in [-0.05, 0) is 31.9 Å². The van der Waals surface area contributed by atoms with Gasteiger partial charge in [-0.15, -0.1) is 0 Å². The number of fused-ring (bicyclic) bond motifs is 2. The zero-order chi connectivity index (χ0) is 15.1. The van der Waals surface area contributed by atoms with Gasteiger partial charge in [-0.1, -0.05) is 0 Å². The van der Waals surface area contributed by atoms with E-state index in [1.807, 2.05) is 6.92 Å². The highest BCUT2D eigenvalue weighted by molar-refractivity contribution is 6.53. The molecule has 1 unspecified atom stereocenters. The number of hydrogen-bond acceptors (Lipinski definition) is 5. The third-order valence-corrected chi connectivity index (χ3v) is 3.90. The van der Waals surface area contributed by atoms with Crippen molar-refractivity contribution in [3.05, 3.63) is 28.8 Å². The van der Waals surface area contributed by atoms with Crippen LogP contribution in [0, 0.1) is 0 Å². The summed E-state index contributed by atoms with van der Waals surface area (Å²) in [5.74, 6) is 0.267. The summed E-state index contributed by atoms with van der Waals surface area (Å²) in [5.41, 5.74) is 1.20. The second-order valence-corrected chi connectivity index (χ2v) is 5.15. The molecule has 0 N–H and O–H groups in total. The third-order valence-electron chi connectivity index (χ3n) is 3.90. The number of carbonyl (C=O) groups excluding carboxylic acids is 2. The first-order chi connectivity index (χ1) is 10.1. The van der Waals surface area contributed by atoms with E-state index in [0.29, 0.717) is 34.8 Å². The number of ether oxygens (including phenoxy) is 3. The van der Waals surface area contributed by atoms with Gasteiger partial charge in [0.1, 0.15) is 17.3 Å². The molecule has 3 rings (SSSR count). The van der Waals surface area contributed by atoms with Gasteiger partial charge in [0.15, 0.2) is 0 Å². The fourth-order valence-electron chi connectivity index (χ4n) is 2.82. The summed E-state index contributed by atoms with van der Waals surface area (Å²) in [6.45, 7) is 1.94. The van der Waals surface area contributed by atoms with Crippen molar-refractivity contribution < 1.29 is 23.8 Å². The minimum absolute atomic E-state index is 0.00601. The normalized spacial score (nSPS) is 20.6. The SMILES string of the molecule is COc1ccc(OC)c2c1C(=O)C(=O)C1=C2OC(C)CC1. The number of ketones is 2. The molecule has 1 aromatic rings. The van der Waals surface area contributed by atoms with Gasteiger partial charge in [-0.25, -0.2) is 0 Å². The molecule has 2 aliphatic rings. The highest BCUT2D eigenvalue weighted by atomic mass is 16.5. The number of carbonyl (C=O) groups is 2. The van der Waals surface area contributed by atoms with Crippen LogP contribution in [-0.4, -0.2) is 31.9 Å². The zero-order valence-corrected chi connectivity index (χ0v) is 12.2. The fraction of sp³-hybridized carbons (Fsp3) is 0.375. The molecule has 1 aliphatic carbocycles. The van der Waals surface area contributed by atoms with Crippen LogP contribution in [-0.2, 0) is 9.53 Å². The Morgan fingerprint density at radius 3 is 2.29 bits per heavy atom. The van der Waals surface area contributed by atoms with Crippen LogP contribution in [0.25, 0.3) is 5.76 Å². The monoisotopic (exact) mass is 288 g/mol. The minimum atomic E-state index is -0.558. The van der Waals surface area contributed by atoms with Gasteiger partial charge in [0.05, 0.1) is 31.5 Å². The molecule has 1 heterocycles. The Morgan fingerprint density at radius 1 is 1.05 bits per heavy atom. The highest BCUT2D eigenvalue weighted by Gasteiger charge is 2.40. The lowest BCUT2D eigenvalue weighted by Gasteiger charge is -2.30. The average molecular weight is 288 g/mol. The quantitative estimate of drug-likeness (QED) is 0.782. The van der Waals surface area contributed by atoms with E-state index < -0.39 is 11.6 Å². The van der Waals surface area contributed by atoms with E-state index in [9.17, 15) is 9.59 Å². The molecule has 5 nitrogen and oxygen atoms in total. The van der Waals surface area contributed by atoms with Gasteiger partial charge in [0.2, 0.25) is 11.6 Å². The number of benzene rings is 1. The maximum absolute atomic E-state index is 12.4. The molecule has 21 heavy (non-hydrogen) atoms. The molecule has 0 radical (unpaired) electrons. The maximum Gasteiger partial charge on any atom is 0.237 e. The zero-order valence-electron chi connectivity index (χ0n) is 12.2. The number of allylic oxidation sites excluding steroid dienone is 1. The predicted octanol–water partition coefficient (Wildman–Crippen LogP) is 2.38. The number of hydrogen-bond donors (Lipinski definition) is 0. The van der Waals surface area contributed by atoms with Crippen LogP contribution in [0.3, 0.4) is 0 Å². The Balaban J connectivity index is 2.33. The van der Waals surface area contributed by atoms with E-state index in [2.05, 4.69) is 0 Å². The van der Waals surface area contributed by atoms with E-state index in [1.54, 1.807) is 12.1 Å². The second-order valence-electron chi connectivity index (χ2n) is 5.15. The largest absolute Gasteiger partial charge is 0.496 e. The first-order valence-corrected chi connectivity index (χ1v) is 6.82. The fourth-order valence-corrected chi connectivity index (χ4v) is 2.82. The predicted molar refractivity (Wildman–Crippen MR) is 75.6 cm³/mol. The number of rotatable bonds is 2. The van der Waals surface area contributed by atoms with Crippen molar-refractivity contribution in [3.8, 4) is 11.5 Å². The Bertz CT molecular complexity index is 671. The molecule has 110 valence electrons. The molecule has 0 amide bonds. The molecule has 0 fully saturated rings. The Hall–Kier alpha value is -2.30. The van der Waals surface area contributed by atoms with E-state index in [0.717, 1.165) is 6.42 Å². The molecule has 1 aromatic carbocycles. The third kappa shape index (κ3) is 1.92. The summed E-state index contributed by atoms with van der Waals surface area (Å²) in [4.78, 5) is 24.7. The van der Waals surface area contributed by atoms with Crippen molar-refractivity contribution in [3.63, 3.8) is 0 Å². The van der Waals surface area contributed by atoms with Crippen LogP contribution in [0.15, 0.2) is 17.7 Å². The van der Waals surface area contributed by atoms with Crippen molar-refractivity contribution in [1.82, 2.24) is 0 Å². The molecule has 0 aromatic heterocycles. The van der Waals surface area contributed by atoms with Crippen LogP contribution in [0.4, 0.5) is 0 Å². The van der Waals surface area contributed by atoms with Gasteiger partial charge in [0.25, 0.3) is 0 Å². The summed E-state index contributed by atoms with van der Waals surface area (Å²) in [7, 11) is 2.99. The van der Waals surface area contributed by atoms with E-state index in [-0.39, 0.29) is 11.7 Å². The Morgan fingerprint density at radius 2 is 1.67 bits per heavy atom. The summed E-state index contributed by atoms with van der Waals surface area (Å²) >= 11 is 0. The molecular weight excluding hydrogens is 272 g/mol. The highest BCUT2D eigenvalue weighted by Crippen LogP contribution is 2.44. The minimum Gasteiger partial charge on any atom is -0.496 e. The van der Waals surface area contributed by atoms with Gasteiger partial charge in [-0.2, -0.15) is 0 Å². The van der Waals surface area contributed by atoms with Crippen molar-refractivity contribution in [2.75, 3.05) is 14.2 Å². The van der Waals surface area contributed by atoms with Crippen LogP contribution in [0.5, 0.6) is 11.5 Å². The standard InChI is InChI=1S/C16H16O5/c1-8-4-5-9-14(17)15(18)12-10(19-2)6-7-11(20-3)13(12)16(9)21-8/h6-8H,4-5H2,1-3H3. The van der Waals surface area contributed by atoms with E-state index in [1.165, 1.54) is 14.2 Å². The van der Waals surface area contributed by atoms with Gasteiger partial charge in [0, 0.05) is 5.57 Å². The molecular formula is C16H16O5. The van der Waals surface area contributed by atoms with E-state index >= 15 is 0 Å².